The van der Waals surface area contributed by atoms with E-state index in [2.05, 4.69) is 11.6 Å². The van der Waals surface area contributed by atoms with E-state index in [1.807, 2.05) is 0 Å². The van der Waals surface area contributed by atoms with Crippen molar-refractivity contribution in [2.45, 2.75) is 51.5 Å². The molecule has 0 unspecified atom stereocenters. The van der Waals surface area contributed by atoms with Crippen LogP contribution in [0.1, 0.15) is 45.4 Å². The summed E-state index contributed by atoms with van der Waals surface area (Å²) >= 11 is 0. The van der Waals surface area contributed by atoms with Crippen LogP contribution >= 0.6 is 0 Å². The van der Waals surface area contributed by atoms with Crippen LogP contribution in [0.25, 0.3) is 0 Å². The first-order valence-electron chi connectivity index (χ1n) is 6.35. The third-order valence-electron chi connectivity index (χ3n) is 3.74. The SMILES string of the molecule is CC1CCC(NS(=O)(=O)N2CCCC2)CC1. The Morgan fingerprint density at radius 3 is 2.19 bits per heavy atom. The van der Waals surface area contributed by atoms with Crippen LogP contribution in [0, 0.1) is 5.92 Å². The Balaban J connectivity index is 1.88. The first-order valence-corrected chi connectivity index (χ1v) is 7.79. The minimum Gasteiger partial charge on any atom is -0.199 e. The van der Waals surface area contributed by atoms with Gasteiger partial charge in [-0.1, -0.05) is 6.92 Å². The van der Waals surface area contributed by atoms with Crippen LogP contribution in [0.15, 0.2) is 0 Å². The van der Waals surface area contributed by atoms with Gasteiger partial charge in [0, 0.05) is 19.1 Å². The Hall–Kier alpha value is -0.130. The minimum atomic E-state index is -3.19. The molecule has 0 amide bonds. The van der Waals surface area contributed by atoms with Crippen LogP contribution in [0.3, 0.4) is 0 Å². The number of nitrogens with zero attached hydrogens (tertiary/aromatic N) is 1. The van der Waals surface area contributed by atoms with Crippen LogP contribution in [0.2, 0.25) is 0 Å². The predicted octanol–water partition coefficient (Wildman–Crippen LogP) is 1.50. The number of hydrogen-bond donors (Lipinski definition) is 1. The molecule has 16 heavy (non-hydrogen) atoms. The van der Waals surface area contributed by atoms with Crippen molar-refractivity contribution in [2.75, 3.05) is 13.1 Å². The van der Waals surface area contributed by atoms with Crippen LogP contribution < -0.4 is 4.72 Å². The molecule has 94 valence electrons. The molecule has 1 saturated carbocycles. The molecular weight excluding hydrogens is 224 g/mol. The first-order chi connectivity index (χ1) is 7.58. The zero-order valence-corrected chi connectivity index (χ0v) is 10.8. The zero-order valence-electron chi connectivity index (χ0n) is 9.98. The minimum absolute atomic E-state index is 0.168. The molecule has 1 aliphatic carbocycles. The zero-order chi connectivity index (χ0) is 11.6. The smallest absolute Gasteiger partial charge is 0.199 e. The summed E-state index contributed by atoms with van der Waals surface area (Å²) in [4.78, 5) is 0. The summed E-state index contributed by atoms with van der Waals surface area (Å²) in [5, 5.41) is 0. The molecule has 0 bridgehead atoms. The van der Waals surface area contributed by atoms with E-state index in [0.29, 0.717) is 13.1 Å². The molecule has 2 rings (SSSR count). The highest BCUT2D eigenvalue weighted by Gasteiger charge is 2.29. The van der Waals surface area contributed by atoms with Crippen molar-refractivity contribution >= 4 is 10.2 Å². The van der Waals surface area contributed by atoms with Gasteiger partial charge in [-0.3, -0.25) is 0 Å². The lowest BCUT2D eigenvalue weighted by atomic mass is 9.88. The average molecular weight is 246 g/mol. The van der Waals surface area contributed by atoms with Crippen molar-refractivity contribution in [3.8, 4) is 0 Å². The molecule has 0 aromatic heterocycles. The van der Waals surface area contributed by atoms with Gasteiger partial charge in [0.15, 0.2) is 0 Å². The summed E-state index contributed by atoms with van der Waals surface area (Å²) in [7, 11) is -3.19. The summed E-state index contributed by atoms with van der Waals surface area (Å²) in [6.45, 7) is 3.63. The highest BCUT2D eigenvalue weighted by Crippen LogP contribution is 2.24. The molecule has 0 spiro atoms. The van der Waals surface area contributed by atoms with Gasteiger partial charge in [0.25, 0.3) is 10.2 Å². The molecule has 0 radical (unpaired) electrons. The molecule has 1 saturated heterocycles. The van der Waals surface area contributed by atoms with Crippen LogP contribution in [0.5, 0.6) is 0 Å². The largest absolute Gasteiger partial charge is 0.279 e. The van der Waals surface area contributed by atoms with Crippen LogP contribution in [0.4, 0.5) is 0 Å². The van der Waals surface area contributed by atoms with Crippen molar-refractivity contribution in [1.29, 1.82) is 0 Å². The fraction of sp³-hybridized carbons (Fsp3) is 1.00. The van der Waals surface area contributed by atoms with Crippen molar-refractivity contribution < 1.29 is 8.42 Å². The van der Waals surface area contributed by atoms with Gasteiger partial charge in [-0.25, -0.2) is 0 Å². The van der Waals surface area contributed by atoms with Crippen LogP contribution in [-0.2, 0) is 10.2 Å². The van der Waals surface area contributed by atoms with Gasteiger partial charge in [0.1, 0.15) is 0 Å². The molecule has 0 atom stereocenters. The lowest BCUT2D eigenvalue weighted by Crippen LogP contribution is -2.45. The summed E-state index contributed by atoms with van der Waals surface area (Å²) < 4.78 is 28.4. The van der Waals surface area contributed by atoms with Crippen molar-refractivity contribution in [1.82, 2.24) is 9.03 Å². The molecule has 1 heterocycles. The van der Waals surface area contributed by atoms with Gasteiger partial charge in [0.2, 0.25) is 0 Å². The third-order valence-corrected chi connectivity index (χ3v) is 5.41. The topological polar surface area (TPSA) is 49.4 Å². The Kier molecular flexibility index (Phi) is 3.87. The van der Waals surface area contributed by atoms with Crippen molar-refractivity contribution in [3.63, 3.8) is 0 Å². The van der Waals surface area contributed by atoms with Gasteiger partial charge in [-0.15, -0.1) is 0 Å². The highest BCUT2D eigenvalue weighted by atomic mass is 32.2. The normalized spacial score (nSPS) is 33.1. The standard InChI is InChI=1S/C11H22N2O2S/c1-10-4-6-11(7-5-10)12-16(14,15)13-8-2-3-9-13/h10-12H,2-9H2,1H3. The quantitative estimate of drug-likeness (QED) is 0.820. The summed E-state index contributed by atoms with van der Waals surface area (Å²) in [5.74, 6) is 0.757. The van der Waals surface area contributed by atoms with Gasteiger partial charge in [0.05, 0.1) is 0 Å². The van der Waals surface area contributed by atoms with E-state index in [9.17, 15) is 8.42 Å². The summed E-state index contributed by atoms with van der Waals surface area (Å²) in [5.41, 5.74) is 0. The Labute approximate surface area is 98.6 Å². The third kappa shape index (κ3) is 2.96. The van der Waals surface area contributed by atoms with Gasteiger partial charge >= 0.3 is 0 Å². The number of nitrogens with one attached hydrogen (secondary N) is 1. The highest BCUT2D eigenvalue weighted by molar-refractivity contribution is 7.87. The maximum atomic E-state index is 12.0. The molecule has 0 aromatic carbocycles. The maximum Gasteiger partial charge on any atom is 0.279 e. The molecule has 4 nitrogen and oxygen atoms in total. The lowest BCUT2D eigenvalue weighted by Gasteiger charge is -2.28. The lowest BCUT2D eigenvalue weighted by molar-refractivity contribution is 0.326. The number of hydrogen-bond acceptors (Lipinski definition) is 2. The first kappa shape index (κ1) is 12.3. The number of rotatable bonds is 3. The molecule has 2 aliphatic rings. The Morgan fingerprint density at radius 1 is 1.06 bits per heavy atom. The van der Waals surface area contributed by atoms with E-state index in [0.717, 1.165) is 44.4 Å². The van der Waals surface area contributed by atoms with Crippen molar-refractivity contribution in [3.05, 3.63) is 0 Å². The maximum absolute atomic E-state index is 12.0. The second kappa shape index (κ2) is 5.02. The Bertz CT molecular complexity index is 315. The second-order valence-corrected chi connectivity index (χ2v) is 6.89. The van der Waals surface area contributed by atoms with E-state index in [-0.39, 0.29) is 6.04 Å². The summed E-state index contributed by atoms with van der Waals surface area (Å²) in [6, 6.07) is 0.168. The van der Waals surface area contributed by atoms with Gasteiger partial charge < -0.3 is 0 Å². The van der Waals surface area contributed by atoms with E-state index in [1.54, 1.807) is 4.31 Å². The molecular formula is C11H22N2O2S. The molecule has 1 N–H and O–H groups in total. The monoisotopic (exact) mass is 246 g/mol. The fourth-order valence-electron chi connectivity index (χ4n) is 2.59. The molecule has 1 aliphatic heterocycles. The van der Waals surface area contributed by atoms with Crippen molar-refractivity contribution in [2.24, 2.45) is 5.92 Å². The Morgan fingerprint density at radius 2 is 1.62 bits per heavy atom. The summed E-state index contributed by atoms with van der Waals surface area (Å²) in [6.07, 6.45) is 6.29. The van der Waals surface area contributed by atoms with E-state index in [4.69, 9.17) is 0 Å². The van der Waals surface area contributed by atoms with Gasteiger partial charge in [-0.2, -0.15) is 17.4 Å². The fourth-order valence-corrected chi connectivity index (χ4v) is 4.14. The van der Waals surface area contributed by atoms with Crippen LogP contribution in [-0.4, -0.2) is 31.9 Å². The molecule has 2 fully saturated rings. The van der Waals surface area contributed by atoms with E-state index < -0.39 is 10.2 Å². The van der Waals surface area contributed by atoms with Gasteiger partial charge in [-0.05, 0) is 44.4 Å². The predicted molar refractivity (Wildman–Crippen MR) is 64.3 cm³/mol. The molecule has 5 heteroatoms. The average Bonchev–Trinajstić information content (AvgIpc) is 2.75. The second-order valence-electron chi connectivity index (χ2n) is 5.19. The molecule has 0 aromatic rings. The van der Waals surface area contributed by atoms with E-state index >= 15 is 0 Å². The van der Waals surface area contributed by atoms with E-state index in [1.165, 1.54) is 0 Å².